The summed E-state index contributed by atoms with van der Waals surface area (Å²) < 4.78 is 13.5. The van der Waals surface area contributed by atoms with Crippen molar-refractivity contribution in [1.82, 2.24) is 4.90 Å². The molecule has 0 atom stereocenters. The molecule has 0 unspecified atom stereocenters. The van der Waals surface area contributed by atoms with E-state index in [1.54, 1.807) is 12.1 Å². The lowest BCUT2D eigenvalue weighted by molar-refractivity contribution is 0.112. The molecule has 0 aromatic heterocycles. The Bertz CT molecular complexity index is 359. The molecule has 1 aliphatic rings. The Balaban J connectivity index is 2.10. The molecule has 0 aliphatic carbocycles. The highest BCUT2D eigenvalue weighted by molar-refractivity contribution is 5.74. The standard InChI is InChI=1S/C12H14FNO/c13-12-7-10(9-15)3-4-11(12)8-14-5-1-2-6-14/h3-4,7,9H,1-2,5-6,8H2. The van der Waals surface area contributed by atoms with Crippen molar-refractivity contribution in [3.63, 3.8) is 0 Å². The molecule has 2 rings (SSSR count). The van der Waals surface area contributed by atoms with Crippen LogP contribution >= 0.6 is 0 Å². The van der Waals surface area contributed by atoms with Crippen LogP contribution in [0.4, 0.5) is 4.39 Å². The van der Waals surface area contributed by atoms with Gasteiger partial charge in [-0.3, -0.25) is 9.69 Å². The van der Waals surface area contributed by atoms with Gasteiger partial charge in [-0.05, 0) is 32.0 Å². The lowest BCUT2D eigenvalue weighted by atomic mass is 10.1. The van der Waals surface area contributed by atoms with Crippen LogP contribution in [0, 0.1) is 5.82 Å². The Kier molecular flexibility index (Phi) is 3.11. The third kappa shape index (κ3) is 2.42. The van der Waals surface area contributed by atoms with Crippen molar-refractivity contribution >= 4 is 6.29 Å². The predicted octanol–water partition coefficient (Wildman–Crippen LogP) is 2.23. The summed E-state index contributed by atoms with van der Waals surface area (Å²) in [6.07, 6.45) is 3.07. The Labute approximate surface area is 88.7 Å². The van der Waals surface area contributed by atoms with Crippen LogP contribution in [0.15, 0.2) is 18.2 Å². The molecule has 1 aromatic carbocycles. The SMILES string of the molecule is O=Cc1ccc(CN2CCCC2)c(F)c1. The zero-order valence-corrected chi connectivity index (χ0v) is 8.58. The van der Waals surface area contributed by atoms with Crippen molar-refractivity contribution in [2.75, 3.05) is 13.1 Å². The van der Waals surface area contributed by atoms with E-state index in [4.69, 9.17) is 0 Å². The fraction of sp³-hybridized carbons (Fsp3) is 0.417. The maximum Gasteiger partial charge on any atom is 0.150 e. The highest BCUT2D eigenvalue weighted by Crippen LogP contribution is 2.15. The van der Waals surface area contributed by atoms with E-state index in [1.165, 1.54) is 18.9 Å². The van der Waals surface area contributed by atoms with Crippen LogP contribution < -0.4 is 0 Å². The van der Waals surface area contributed by atoms with Gasteiger partial charge in [0.05, 0.1) is 0 Å². The summed E-state index contributed by atoms with van der Waals surface area (Å²) >= 11 is 0. The van der Waals surface area contributed by atoms with Gasteiger partial charge in [-0.1, -0.05) is 12.1 Å². The molecule has 1 saturated heterocycles. The van der Waals surface area contributed by atoms with Crippen LogP contribution in [-0.4, -0.2) is 24.3 Å². The normalized spacial score (nSPS) is 16.9. The monoisotopic (exact) mass is 207 g/mol. The minimum absolute atomic E-state index is 0.272. The third-order valence-electron chi connectivity index (χ3n) is 2.81. The average molecular weight is 207 g/mol. The first-order valence-electron chi connectivity index (χ1n) is 5.25. The van der Waals surface area contributed by atoms with Gasteiger partial charge < -0.3 is 0 Å². The molecule has 2 nitrogen and oxygen atoms in total. The van der Waals surface area contributed by atoms with E-state index >= 15 is 0 Å². The molecule has 0 spiro atoms. The molecule has 1 aromatic rings. The van der Waals surface area contributed by atoms with Crippen molar-refractivity contribution in [1.29, 1.82) is 0 Å². The molecular formula is C12H14FNO. The van der Waals surface area contributed by atoms with E-state index in [0.717, 1.165) is 13.1 Å². The molecule has 0 radical (unpaired) electrons. The number of carbonyl (C=O) groups excluding carboxylic acids is 1. The van der Waals surface area contributed by atoms with Gasteiger partial charge in [0.2, 0.25) is 0 Å². The Hall–Kier alpha value is -1.22. The van der Waals surface area contributed by atoms with Gasteiger partial charge in [0.25, 0.3) is 0 Å². The van der Waals surface area contributed by atoms with Crippen molar-refractivity contribution in [2.24, 2.45) is 0 Å². The lowest BCUT2D eigenvalue weighted by Crippen LogP contribution is -2.19. The van der Waals surface area contributed by atoms with E-state index < -0.39 is 0 Å². The van der Waals surface area contributed by atoms with Gasteiger partial charge in [-0.2, -0.15) is 0 Å². The second-order valence-electron chi connectivity index (χ2n) is 3.95. The van der Waals surface area contributed by atoms with Crippen LogP contribution in [0.25, 0.3) is 0 Å². The first-order chi connectivity index (χ1) is 7.29. The molecule has 1 aliphatic heterocycles. The number of aldehydes is 1. The van der Waals surface area contributed by atoms with E-state index in [0.29, 0.717) is 24.0 Å². The maximum absolute atomic E-state index is 13.5. The third-order valence-corrected chi connectivity index (χ3v) is 2.81. The molecule has 1 fully saturated rings. The highest BCUT2D eigenvalue weighted by atomic mass is 19.1. The zero-order chi connectivity index (χ0) is 10.7. The lowest BCUT2D eigenvalue weighted by Gasteiger charge is -2.14. The summed E-state index contributed by atoms with van der Waals surface area (Å²) in [5, 5.41) is 0. The molecular weight excluding hydrogens is 193 g/mol. The number of halogens is 1. The fourth-order valence-electron chi connectivity index (χ4n) is 1.95. The zero-order valence-electron chi connectivity index (χ0n) is 8.58. The Morgan fingerprint density at radius 1 is 1.33 bits per heavy atom. The van der Waals surface area contributed by atoms with Crippen molar-refractivity contribution in [2.45, 2.75) is 19.4 Å². The smallest absolute Gasteiger partial charge is 0.150 e. The van der Waals surface area contributed by atoms with Gasteiger partial charge in [-0.15, -0.1) is 0 Å². The van der Waals surface area contributed by atoms with Gasteiger partial charge in [0.1, 0.15) is 12.1 Å². The number of benzene rings is 1. The van der Waals surface area contributed by atoms with Crippen molar-refractivity contribution in [3.8, 4) is 0 Å². The summed E-state index contributed by atoms with van der Waals surface area (Å²) in [7, 11) is 0. The first kappa shape index (κ1) is 10.3. The highest BCUT2D eigenvalue weighted by Gasteiger charge is 2.13. The molecule has 1 heterocycles. The summed E-state index contributed by atoms with van der Waals surface area (Å²) in [5.41, 5.74) is 1.08. The van der Waals surface area contributed by atoms with Crippen molar-refractivity contribution in [3.05, 3.63) is 35.1 Å². The van der Waals surface area contributed by atoms with Crippen LogP contribution in [0.1, 0.15) is 28.8 Å². The second-order valence-corrected chi connectivity index (χ2v) is 3.95. The summed E-state index contributed by atoms with van der Waals surface area (Å²) in [6.45, 7) is 2.76. The van der Waals surface area contributed by atoms with Crippen molar-refractivity contribution < 1.29 is 9.18 Å². The van der Waals surface area contributed by atoms with E-state index in [1.807, 2.05) is 0 Å². The van der Waals surface area contributed by atoms with Gasteiger partial charge in [-0.25, -0.2) is 4.39 Å². The van der Waals surface area contributed by atoms with Crippen LogP contribution in [0.3, 0.4) is 0 Å². The predicted molar refractivity (Wildman–Crippen MR) is 56.3 cm³/mol. The van der Waals surface area contributed by atoms with E-state index in [9.17, 15) is 9.18 Å². The molecule has 80 valence electrons. The average Bonchev–Trinajstić information content (AvgIpc) is 2.74. The minimum Gasteiger partial charge on any atom is -0.299 e. The van der Waals surface area contributed by atoms with Gasteiger partial charge in [0.15, 0.2) is 0 Å². The number of carbonyl (C=O) groups is 1. The molecule has 0 amide bonds. The topological polar surface area (TPSA) is 20.3 Å². The second kappa shape index (κ2) is 4.53. The maximum atomic E-state index is 13.5. The van der Waals surface area contributed by atoms with E-state index in [-0.39, 0.29) is 5.82 Å². The van der Waals surface area contributed by atoms with Crippen LogP contribution in [0.2, 0.25) is 0 Å². The summed E-state index contributed by atoms with van der Waals surface area (Å²) in [5.74, 6) is -0.272. The Morgan fingerprint density at radius 3 is 2.67 bits per heavy atom. The molecule has 15 heavy (non-hydrogen) atoms. The van der Waals surface area contributed by atoms with Crippen LogP contribution in [0.5, 0.6) is 0 Å². The molecule has 0 saturated carbocycles. The summed E-state index contributed by atoms with van der Waals surface area (Å²) in [6, 6.07) is 4.68. The quantitative estimate of drug-likeness (QED) is 0.708. The first-order valence-corrected chi connectivity index (χ1v) is 5.25. The molecule has 3 heteroatoms. The largest absolute Gasteiger partial charge is 0.299 e. The number of hydrogen-bond acceptors (Lipinski definition) is 2. The number of hydrogen-bond donors (Lipinski definition) is 0. The molecule has 0 N–H and O–H groups in total. The molecule has 0 bridgehead atoms. The van der Waals surface area contributed by atoms with Gasteiger partial charge in [0, 0.05) is 17.7 Å². The number of likely N-dealkylation sites (tertiary alicyclic amines) is 1. The number of rotatable bonds is 3. The van der Waals surface area contributed by atoms with Gasteiger partial charge >= 0.3 is 0 Å². The van der Waals surface area contributed by atoms with Crippen LogP contribution in [-0.2, 0) is 6.54 Å². The van der Waals surface area contributed by atoms with E-state index in [2.05, 4.69) is 4.90 Å². The Morgan fingerprint density at radius 2 is 2.07 bits per heavy atom. The minimum atomic E-state index is -0.272. The summed E-state index contributed by atoms with van der Waals surface area (Å²) in [4.78, 5) is 12.7. The number of nitrogens with zero attached hydrogens (tertiary/aromatic N) is 1. The fourth-order valence-corrected chi connectivity index (χ4v) is 1.95.